The van der Waals surface area contributed by atoms with E-state index in [2.05, 4.69) is 39.8 Å². The van der Waals surface area contributed by atoms with Crippen LogP contribution < -0.4 is 4.74 Å². The summed E-state index contributed by atoms with van der Waals surface area (Å²) in [4.78, 5) is 11.2. The first-order chi connectivity index (χ1) is 9.63. The number of rotatable bonds is 5. The zero-order valence-electron chi connectivity index (χ0n) is 11.5. The van der Waals surface area contributed by atoms with Crippen molar-refractivity contribution in [2.24, 2.45) is 0 Å². The number of hydrogen-bond donors (Lipinski definition) is 0. The second-order valence-corrected chi connectivity index (χ2v) is 5.43. The van der Waals surface area contributed by atoms with Gasteiger partial charge in [-0.25, -0.2) is 4.68 Å². The van der Waals surface area contributed by atoms with Crippen molar-refractivity contribution in [2.75, 3.05) is 0 Å². The zero-order valence-corrected chi connectivity index (χ0v) is 13.6. The van der Waals surface area contributed by atoms with Crippen molar-refractivity contribution in [3.63, 3.8) is 0 Å². The lowest BCUT2D eigenvalue weighted by atomic mass is 10.2. The SMILES string of the molecule is CCCCc1nnn(-c2ccccc2OC(C)=O)c1I. The summed E-state index contributed by atoms with van der Waals surface area (Å²) in [6, 6.07) is 7.31. The summed E-state index contributed by atoms with van der Waals surface area (Å²) < 4.78 is 7.88. The smallest absolute Gasteiger partial charge is 0.308 e. The van der Waals surface area contributed by atoms with E-state index in [1.54, 1.807) is 10.7 Å². The lowest BCUT2D eigenvalue weighted by Crippen LogP contribution is -2.07. The summed E-state index contributed by atoms with van der Waals surface area (Å²) in [6.07, 6.45) is 3.11. The van der Waals surface area contributed by atoms with E-state index in [0.29, 0.717) is 5.75 Å². The van der Waals surface area contributed by atoms with E-state index in [0.717, 1.165) is 34.3 Å². The van der Waals surface area contributed by atoms with Crippen molar-refractivity contribution in [1.82, 2.24) is 15.0 Å². The van der Waals surface area contributed by atoms with Crippen LogP contribution in [0.2, 0.25) is 0 Å². The summed E-state index contributed by atoms with van der Waals surface area (Å²) in [5.41, 5.74) is 1.70. The third-order valence-corrected chi connectivity index (χ3v) is 3.87. The molecular weight excluding hydrogens is 369 g/mol. The second-order valence-electron chi connectivity index (χ2n) is 4.40. The Hall–Kier alpha value is -1.44. The van der Waals surface area contributed by atoms with Gasteiger partial charge in [0.05, 0.1) is 5.69 Å². The minimum absolute atomic E-state index is 0.348. The number of nitrogens with zero attached hydrogens (tertiary/aromatic N) is 3. The van der Waals surface area contributed by atoms with E-state index in [1.165, 1.54) is 6.92 Å². The lowest BCUT2D eigenvalue weighted by molar-refractivity contribution is -0.131. The number of aryl methyl sites for hydroxylation is 1. The van der Waals surface area contributed by atoms with E-state index in [4.69, 9.17) is 4.74 Å². The number of hydrogen-bond acceptors (Lipinski definition) is 4. The second kappa shape index (κ2) is 6.83. The molecule has 0 radical (unpaired) electrons. The maximum absolute atomic E-state index is 11.2. The topological polar surface area (TPSA) is 57.0 Å². The van der Waals surface area contributed by atoms with Gasteiger partial charge < -0.3 is 4.74 Å². The first kappa shape index (κ1) is 15.0. The molecule has 0 N–H and O–H groups in total. The predicted molar refractivity (Wildman–Crippen MR) is 84.0 cm³/mol. The van der Waals surface area contributed by atoms with Crippen LogP contribution in [0.15, 0.2) is 24.3 Å². The fraction of sp³-hybridized carbons (Fsp3) is 0.357. The largest absolute Gasteiger partial charge is 0.424 e. The normalized spacial score (nSPS) is 10.6. The van der Waals surface area contributed by atoms with E-state index >= 15 is 0 Å². The van der Waals surface area contributed by atoms with Gasteiger partial charge in [-0.15, -0.1) is 5.10 Å². The minimum Gasteiger partial charge on any atom is -0.424 e. The van der Waals surface area contributed by atoms with Gasteiger partial charge in [-0.1, -0.05) is 30.7 Å². The van der Waals surface area contributed by atoms with Gasteiger partial charge in [0.15, 0.2) is 5.75 Å². The van der Waals surface area contributed by atoms with Crippen LogP contribution in [0.25, 0.3) is 5.69 Å². The molecule has 106 valence electrons. The fourth-order valence-corrected chi connectivity index (χ4v) is 2.56. The molecule has 2 aromatic rings. The first-order valence-electron chi connectivity index (χ1n) is 6.51. The Morgan fingerprint density at radius 1 is 1.40 bits per heavy atom. The van der Waals surface area contributed by atoms with Crippen LogP contribution in [-0.4, -0.2) is 21.0 Å². The van der Waals surface area contributed by atoms with Crippen molar-refractivity contribution >= 4 is 28.6 Å². The highest BCUT2D eigenvalue weighted by Gasteiger charge is 2.15. The Labute approximate surface area is 131 Å². The molecule has 0 aliphatic rings. The average Bonchev–Trinajstić information content (AvgIpc) is 2.78. The molecule has 0 fully saturated rings. The van der Waals surface area contributed by atoms with Crippen LogP contribution in [0.4, 0.5) is 0 Å². The number of esters is 1. The highest BCUT2D eigenvalue weighted by molar-refractivity contribution is 14.1. The number of halogens is 1. The number of ether oxygens (including phenoxy) is 1. The molecule has 0 spiro atoms. The Bertz CT molecular complexity index is 610. The van der Waals surface area contributed by atoms with Gasteiger partial charge in [0.2, 0.25) is 0 Å². The number of unbranched alkanes of at least 4 members (excludes halogenated alkanes) is 1. The lowest BCUT2D eigenvalue weighted by Gasteiger charge is -2.08. The number of benzene rings is 1. The molecule has 0 amide bonds. The number of para-hydroxylation sites is 2. The monoisotopic (exact) mass is 385 g/mol. The molecule has 2 rings (SSSR count). The number of aromatic nitrogens is 3. The highest BCUT2D eigenvalue weighted by atomic mass is 127. The standard InChI is InChI=1S/C14H16IN3O2/c1-3-4-7-11-14(15)18(17-16-11)12-8-5-6-9-13(12)20-10(2)19/h5-6,8-9H,3-4,7H2,1-2H3. The van der Waals surface area contributed by atoms with Crippen LogP contribution in [0, 0.1) is 3.70 Å². The Balaban J connectivity index is 2.36. The van der Waals surface area contributed by atoms with Crippen LogP contribution in [0.3, 0.4) is 0 Å². The minimum atomic E-state index is -0.348. The van der Waals surface area contributed by atoms with Gasteiger partial charge in [0.25, 0.3) is 0 Å². The van der Waals surface area contributed by atoms with Gasteiger partial charge >= 0.3 is 5.97 Å². The molecule has 0 saturated carbocycles. The van der Waals surface area contributed by atoms with Gasteiger partial charge in [-0.05, 0) is 47.6 Å². The Morgan fingerprint density at radius 2 is 2.15 bits per heavy atom. The molecule has 1 aromatic heterocycles. The Kier molecular flexibility index (Phi) is 5.11. The van der Waals surface area contributed by atoms with Crippen LogP contribution in [0.5, 0.6) is 5.75 Å². The molecule has 6 heteroatoms. The highest BCUT2D eigenvalue weighted by Crippen LogP contribution is 2.25. The van der Waals surface area contributed by atoms with Crippen molar-refractivity contribution in [3.8, 4) is 11.4 Å². The van der Waals surface area contributed by atoms with Gasteiger partial charge in [-0.3, -0.25) is 4.79 Å². The van der Waals surface area contributed by atoms with E-state index in [1.807, 2.05) is 18.2 Å². The molecule has 0 atom stereocenters. The third kappa shape index (κ3) is 3.36. The van der Waals surface area contributed by atoms with E-state index in [-0.39, 0.29) is 5.97 Å². The summed E-state index contributed by atoms with van der Waals surface area (Å²) in [5.74, 6) is 0.142. The average molecular weight is 385 g/mol. The van der Waals surface area contributed by atoms with Crippen molar-refractivity contribution in [2.45, 2.75) is 33.1 Å². The number of carbonyl (C=O) groups excluding carboxylic acids is 1. The van der Waals surface area contributed by atoms with Crippen molar-refractivity contribution < 1.29 is 9.53 Å². The van der Waals surface area contributed by atoms with E-state index in [9.17, 15) is 4.79 Å². The maximum atomic E-state index is 11.2. The molecule has 0 aliphatic carbocycles. The van der Waals surface area contributed by atoms with Gasteiger partial charge in [-0.2, -0.15) is 0 Å². The fourth-order valence-electron chi connectivity index (χ4n) is 1.83. The predicted octanol–water partition coefficient (Wildman–Crippen LogP) is 3.14. The molecule has 1 heterocycles. The molecule has 0 saturated heterocycles. The molecule has 0 bridgehead atoms. The number of carbonyl (C=O) groups is 1. The van der Waals surface area contributed by atoms with Crippen molar-refractivity contribution in [3.05, 3.63) is 33.7 Å². The van der Waals surface area contributed by atoms with Gasteiger partial charge in [0.1, 0.15) is 9.39 Å². The third-order valence-electron chi connectivity index (χ3n) is 2.79. The molecule has 0 unspecified atom stereocenters. The summed E-state index contributed by atoms with van der Waals surface area (Å²) in [6.45, 7) is 3.53. The Morgan fingerprint density at radius 3 is 2.85 bits per heavy atom. The first-order valence-corrected chi connectivity index (χ1v) is 7.59. The van der Waals surface area contributed by atoms with Gasteiger partial charge in [0, 0.05) is 6.92 Å². The summed E-state index contributed by atoms with van der Waals surface area (Å²) in [5, 5.41) is 8.39. The molecule has 5 nitrogen and oxygen atoms in total. The van der Waals surface area contributed by atoms with E-state index < -0.39 is 0 Å². The molecule has 20 heavy (non-hydrogen) atoms. The molecule has 1 aromatic carbocycles. The van der Waals surface area contributed by atoms with Crippen molar-refractivity contribution in [1.29, 1.82) is 0 Å². The van der Waals surface area contributed by atoms with Crippen LogP contribution >= 0.6 is 22.6 Å². The molecule has 0 aliphatic heterocycles. The summed E-state index contributed by atoms with van der Waals surface area (Å²) in [7, 11) is 0. The maximum Gasteiger partial charge on any atom is 0.308 e. The zero-order chi connectivity index (χ0) is 14.5. The van der Waals surface area contributed by atoms with Crippen LogP contribution in [-0.2, 0) is 11.2 Å². The summed E-state index contributed by atoms with van der Waals surface area (Å²) >= 11 is 2.23. The van der Waals surface area contributed by atoms with Crippen LogP contribution in [0.1, 0.15) is 32.4 Å². The molecular formula is C14H16IN3O2. The quantitative estimate of drug-likeness (QED) is 0.451.